The van der Waals surface area contributed by atoms with Crippen LogP contribution < -0.4 is 15.1 Å². The van der Waals surface area contributed by atoms with Crippen LogP contribution in [0.2, 0.25) is 0 Å². The predicted octanol–water partition coefficient (Wildman–Crippen LogP) is 5.50. The summed E-state index contributed by atoms with van der Waals surface area (Å²) in [6.07, 6.45) is -1.41. The van der Waals surface area contributed by atoms with E-state index < -0.39 is 11.9 Å². The number of pyridine rings is 1. The third-order valence-electron chi connectivity index (χ3n) is 6.59. The van der Waals surface area contributed by atoms with Gasteiger partial charge >= 0.3 is 6.18 Å². The molecule has 5 nitrogen and oxygen atoms in total. The van der Waals surface area contributed by atoms with Crippen molar-refractivity contribution in [2.75, 3.05) is 30.9 Å². The second-order valence-electron chi connectivity index (χ2n) is 9.07. The number of nitrogens with one attached hydrogen (secondary N) is 1. The van der Waals surface area contributed by atoms with E-state index in [1.807, 2.05) is 67.3 Å². The smallest absolute Gasteiger partial charge is 0.378 e. The molecule has 1 amide bonds. The monoisotopic (exact) mass is 470 g/mol. The largest absolute Gasteiger partial charge is 0.433 e. The van der Waals surface area contributed by atoms with Crippen molar-refractivity contribution in [1.82, 2.24) is 10.3 Å². The summed E-state index contributed by atoms with van der Waals surface area (Å²) in [7, 11) is 5.74. The third-order valence-corrected chi connectivity index (χ3v) is 6.59. The van der Waals surface area contributed by atoms with Gasteiger partial charge in [0.15, 0.2) is 0 Å². The molecule has 8 heteroatoms. The van der Waals surface area contributed by atoms with Gasteiger partial charge in [0.1, 0.15) is 5.69 Å². The van der Waals surface area contributed by atoms with Gasteiger partial charge in [-0.15, -0.1) is 0 Å². The van der Waals surface area contributed by atoms with Crippen molar-refractivity contribution in [2.45, 2.75) is 43.9 Å². The number of amides is 1. The molecule has 3 aromatic rings. The molecule has 34 heavy (non-hydrogen) atoms. The van der Waals surface area contributed by atoms with Gasteiger partial charge in [-0.3, -0.25) is 4.79 Å². The molecule has 0 bridgehead atoms. The van der Waals surface area contributed by atoms with Crippen LogP contribution in [-0.2, 0) is 6.18 Å². The van der Waals surface area contributed by atoms with Gasteiger partial charge in [0.25, 0.3) is 5.91 Å². The zero-order valence-corrected chi connectivity index (χ0v) is 19.6. The number of carbonyl (C=O) groups excluding carboxylic acids is 1. The molecule has 1 heterocycles. The number of anilines is 2. The van der Waals surface area contributed by atoms with E-state index in [1.165, 1.54) is 0 Å². The number of hydrogen-bond donors (Lipinski definition) is 1. The average molecular weight is 471 g/mol. The minimum Gasteiger partial charge on any atom is -0.378 e. The summed E-state index contributed by atoms with van der Waals surface area (Å²) in [6, 6.07) is 15.7. The molecule has 0 atom stereocenters. The van der Waals surface area contributed by atoms with Crippen molar-refractivity contribution in [2.24, 2.45) is 0 Å². The second kappa shape index (κ2) is 9.52. The van der Waals surface area contributed by atoms with Gasteiger partial charge in [-0.05, 0) is 62.1 Å². The zero-order chi connectivity index (χ0) is 24.5. The highest BCUT2D eigenvalue weighted by Gasteiger charge is 2.34. The van der Waals surface area contributed by atoms with Crippen LogP contribution in [0.5, 0.6) is 0 Å². The maximum absolute atomic E-state index is 13.5. The molecule has 1 saturated carbocycles. The first-order valence-electron chi connectivity index (χ1n) is 11.4. The fourth-order valence-electron chi connectivity index (χ4n) is 4.58. The number of fused-ring (bicyclic) bond motifs is 1. The van der Waals surface area contributed by atoms with Gasteiger partial charge in [0.05, 0.1) is 5.52 Å². The van der Waals surface area contributed by atoms with Gasteiger partial charge in [0.2, 0.25) is 0 Å². The number of halogens is 3. The number of aromatic nitrogens is 1. The van der Waals surface area contributed by atoms with Crippen molar-refractivity contribution in [3.8, 4) is 0 Å². The molecule has 0 spiro atoms. The topological polar surface area (TPSA) is 48.5 Å². The summed E-state index contributed by atoms with van der Waals surface area (Å²) in [5, 5.41) is 3.82. The fraction of sp³-hybridized carbons (Fsp3) is 0.385. The quantitative estimate of drug-likeness (QED) is 0.535. The number of alkyl halides is 3. The highest BCUT2D eigenvalue weighted by molar-refractivity contribution is 5.95. The van der Waals surface area contributed by atoms with Crippen LogP contribution in [0.1, 0.15) is 41.7 Å². The van der Waals surface area contributed by atoms with Gasteiger partial charge in [-0.2, -0.15) is 13.2 Å². The fourth-order valence-corrected chi connectivity index (χ4v) is 4.58. The molecule has 1 aliphatic rings. The molecule has 1 aliphatic carbocycles. The lowest BCUT2D eigenvalue weighted by Crippen LogP contribution is -2.43. The lowest BCUT2D eigenvalue weighted by molar-refractivity contribution is -0.140. The molecular weight excluding hydrogens is 441 g/mol. The Balaban J connectivity index is 1.43. The summed E-state index contributed by atoms with van der Waals surface area (Å²) in [5.41, 5.74) is 1.63. The van der Waals surface area contributed by atoms with Crippen LogP contribution in [0, 0.1) is 0 Å². The maximum Gasteiger partial charge on any atom is 0.433 e. The van der Waals surface area contributed by atoms with Crippen LogP contribution in [-0.4, -0.2) is 44.1 Å². The summed E-state index contributed by atoms with van der Waals surface area (Å²) in [5.74, 6) is -0.0999. The van der Waals surface area contributed by atoms with E-state index in [9.17, 15) is 18.0 Å². The van der Waals surface area contributed by atoms with Gasteiger partial charge in [0, 0.05) is 55.6 Å². The van der Waals surface area contributed by atoms with Crippen LogP contribution in [0.4, 0.5) is 24.5 Å². The second-order valence-corrected chi connectivity index (χ2v) is 9.07. The standard InChI is InChI=1S/C26H29F3N4O/c1-32(2)19-12-8-17(9-13-19)25(34)30-18-10-14-20(15-11-18)33(3)23-16-24(26(27,28)29)31-22-7-5-4-6-21(22)23/h4-9,12-13,16,18,20H,10-11,14-15H2,1-3H3,(H,30,34). The molecule has 0 unspecified atom stereocenters. The summed E-state index contributed by atoms with van der Waals surface area (Å²) in [4.78, 5) is 20.4. The van der Waals surface area contributed by atoms with E-state index in [4.69, 9.17) is 0 Å². The van der Waals surface area contributed by atoms with Crippen molar-refractivity contribution in [1.29, 1.82) is 0 Å². The number of rotatable bonds is 5. The number of nitrogens with zero attached hydrogens (tertiary/aromatic N) is 3. The summed E-state index contributed by atoms with van der Waals surface area (Å²) < 4.78 is 40.4. The summed E-state index contributed by atoms with van der Waals surface area (Å²) >= 11 is 0. The Bertz CT molecular complexity index is 1150. The van der Waals surface area contributed by atoms with E-state index in [1.54, 1.807) is 12.1 Å². The minimum absolute atomic E-state index is 0.0468. The lowest BCUT2D eigenvalue weighted by atomic mass is 9.89. The Morgan fingerprint density at radius 1 is 0.971 bits per heavy atom. The van der Waals surface area contributed by atoms with Crippen molar-refractivity contribution < 1.29 is 18.0 Å². The molecule has 180 valence electrons. The number of carbonyl (C=O) groups is 1. The van der Waals surface area contributed by atoms with Crippen molar-refractivity contribution in [3.63, 3.8) is 0 Å². The predicted molar refractivity (Wildman–Crippen MR) is 129 cm³/mol. The van der Waals surface area contributed by atoms with E-state index >= 15 is 0 Å². The van der Waals surface area contributed by atoms with E-state index in [0.29, 0.717) is 22.2 Å². The zero-order valence-electron chi connectivity index (χ0n) is 19.6. The molecule has 4 rings (SSSR count). The van der Waals surface area contributed by atoms with Crippen LogP contribution in [0.15, 0.2) is 54.6 Å². The van der Waals surface area contributed by atoms with Crippen molar-refractivity contribution in [3.05, 3.63) is 65.9 Å². The first-order valence-corrected chi connectivity index (χ1v) is 11.4. The Hall–Kier alpha value is -3.29. The van der Waals surface area contributed by atoms with Gasteiger partial charge < -0.3 is 15.1 Å². The van der Waals surface area contributed by atoms with Crippen LogP contribution in [0.25, 0.3) is 10.9 Å². The van der Waals surface area contributed by atoms with Crippen LogP contribution in [0.3, 0.4) is 0 Å². The Morgan fingerprint density at radius 3 is 2.24 bits per heavy atom. The first-order chi connectivity index (χ1) is 16.1. The average Bonchev–Trinajstić information content (AvgIpc) is 2.83. The normalized spacial score (nSPS) is 18.5. The lowest BCUT2D eigenvalue weighted by Gasteiger charge is -2.37. The Kier molecular flexibility index (Phi) is 6.68. The van der Waals surface area contributed by atoms with Gasteiger partial charge in [-0.25, -0.2) is 4.98 Å². The molecule has 2 aromatic carbocycles. The van der Waals surface area contributed by atoms with E-state index in [2.05, 4.69) is 10.3 Å². The van der Waals surface area contributed by atoms with Crippen LogP contribution >= 0.6 is 0 Å². The summed E-state index contributed by atoms with van der Waals surface area (Å²) in [6.45, 7) is 0. The number of benzene rings is 2. The minimum atomic E-state index is -4.51. The Labute approximate surface area is 197 Å². The van der Waals surface area contributed by atoms with E-state index in [0.717, 1.165) is 37.4 Å². The molecule has 0 saturated heterocycles. The highest BCUT2D eigenvalue weighted by Crippen LogP contribution is 2.36. The molecule has 1 fully saturated rings. The number of hydrogen-bond acceptors (Lipinski definition) is 4. The van der Waals surface area contributed by atoms with Crippen molar-refractivity contribution >= 4 is 28.2 Å². The maximum atomic E-state index is 13.5. The highest BCUT2D eigenvalue weighted by atomic mass is 19.4. The van der Waals surface area contributed by atoms with E-state index in [-0.39, 0.29) is 18.0 Å². The molecule has 1 aromatic heterocycles. The molecule has 0 aliphatic heterocycles. The molecular formula is C26H29F3N4O. The first kappa shape index (κ1) is 23.9. The third kappa shape index (κ3) is 5.11. The molecule has 1 N–H and O–H groups in total. The molecule has 0 radical (unpaired) electrons. The Morgan fingerprint density at radius 2 is 1.62 bits per heavy atom. The number of para-hydroxylation sites is 1. The SMILES string of the molecule is CN(C)c1ccc(C(=O)NC2CCC(N(C)c3cc(C(F)(F)F)nc4ccccc34)CC2)cc1. The van der Waals surface area contributed by atoms with Gasteiger partial charge in [-0.1, -0.05) is 18.2 Å².